The van der Waals surface area contributed by atoms with Gasteiger partial charge < -0.3 is 19.1 Å². The molecule has 1 aliphatic rings. The molecule has 1 aliphatic heterocycles. The number of carbonyl (C=O) groups excluding carboxylic acids is 1. The van der Waals surface area contributed by atoms with Gasteiger partial charge >= 0.3 is 5.97 Å². The molecule has 5 heteroatoms. The molecule has 2 aromatic carbocycles. The summed E-state index contributed by atoms with van der Waals surface area (Å²) >= 11 is 0. The molecular weight excluding hydrogens is 306 g/mol. The van der Waals surface area contributed by atoms with Crippen LogP contribution < -0.4 is 14.4 Å². The van der Waals surface area contributed by atoms with E-state index in [1.807, 2.05) is 42.3 Å². The molecular formula is C19H21NO4. The third kappa shape index (κ3) is 2.46. The molecule has 126 valence electrons. The van der Waals surface area contributed by atoms with Crippen molar-refractivity contribution in [2.75, 3.05) is 32.8 Å². The zero-order chi connectivity index (χ0) is 17.3. The van der Waals surface area contributed by atoms with E-state index in [9.17, 15) is 4.79 Å². The molecule has 0 aromatic heterocycles. The number of fused-ring (bicyclic) bond motifs is 3. The fourth-order valence-electron chi connectivity index (χ4n) is 3.23. The lowest BCUT2D eigenvalue weighted by Crippen LogP contribution is -2.35. The van der Waals surface area contributed by atoms with Gasteiger partial charge in [0, 0.05) is 29.9 Å². The second kappa shape index (κ2) is 6.43. The Balaban J connectivity index is 2.30. The number of hydrogen-bond donors (Lipinski definition) is 0. The van der Waals surface area contributed by atoms with Crippen molar-refractivity contribution in [1.29, 1.82) is 0 Å². The molecule has 1 atom stereocenters. The van der Waals surface area contributed by atoms with E-state index in [1.54, 1.807) is 27.2 Å². The first-order chi connectivity index (χ1) is 11.6. The molecule has 0 N–H and O–H groups in total. The van der Waals surface area contributed by atoms with Gasteiger partial charge in [0.2, 0.25) is 0 Å². The van der Waals surface area contributed by atoms with E-state index < -0.39 is 6.04 Å². The lowest BCUT2D eigenvalue weighted by atomic mass is 9.87. The van der Waals surface area contributed by atoms with Crippen molar-refractivity contribution in [2.45, 2.75) is 13.0 Å². The van der Waals surface area contributed by atoms with Crippen molar-refractivity contribution in [3.8, 4) is 22.6 Å². The van der Waals surface area contributed by atoms with Crippen LogP contribution in [0.4, 0.5) is 5.69 Å². The number of esters is 1. The van der Waals surface area contributed by atoms with Crippen LogP contribution in [-0.4, -0.2) is 33.8 Å². The predicted octanol–water partition coefficient (Wildman–Crippen LogP) is 3.42. The maximum Gasteiger partial charge on any atom is 0.333 e. The predicted molar refractivity (Wildman–Crippen MR) is 92.8 cm³/mol. The van der Waals surface area contributed by atoms with Crippen LogP contribution in [0.5, 0.6) is 11.5 Å². The van der Waals surface area contributed by atoms with Crippen molar-refractivity contribution in [1.82, 2.24) is 0 Å². The van der Waals surface area contributed by atoms with Crippen LogP contribution in [-0.2, 0) is 9.53 Å². The number of hydrogen-bond acceptors (Lipinski definition) is 5. The monoisotopic (exact) mass is 327 g/mol. The maximum absolute atomic E-state index is 12.7. The normalized spacial score (nSPS) is 15.3. The maximum atomic E-state index is 12.7. The second-order valence-electron chi connectivity index (χ2n) is 5.57. The van der Waals surface area contributed by atoms with Crippen LogP contribution in [0.1, 0.15) is 18.5 Å². The minimum absolute atomic E-state index is 0.292. The summed E-state index contributed by atoms with van der Waals surface area (Å²) in [5.41, 5.74) is 3.74. The molecule has 0 amide bonds. The third-order valence-electron chi connectivity index (χ3n) is 4.32. The third-order valence-corrected chi connectivity index (χ3v) is 4.32. The van der Waals surface area contributed by atoms with Crippen molar-refractivity contribution >= 4 is 11.7 Å². The Hall–Kier alpha value is -2.69. The van der Waals surface area contributed by atoms with Gasteiger partial charge in [0.1, 0.15) is 11.5 Å². The topological polar surface area (TPSA) is 48.0 Å². The number of nitrogens with zero attached hydrogens (tertiary/aromatic N) is 1. The second-order valence-corrected chi connectivity index (χ2v) is 5.57. The average molecular weight is 327 g/mol. The van der Waals surface area contributed by atoms with Crippen LogP contribution in [0.2, 0.25) is 0 Å². The Morgan fingerprint density at radius 1 is 1.12 bits per heavy atom. The molecule has 24 heavy (non-hydrogen) atoms. The Bertz CT molecular complexity index is 772. The van der Waals surface area contributed by atoms with Gasteiger partial charge in [0.15, 0.2) is 6.04 Å². The number of likely N-dealkylation sites (N-methyl/N-ethyl adjacent to an activating group) is 1. The Morgan fingerprint density at radius 2 is 1.88 bits per heavy atom. The van der Waals surface area contributed by atoms with Gasteiger partial charge in [-0.2, -0.15) is 0 Å². The average Bonchev–Trinajstić information content (AvgIpc) is 2.61. The van der Waals surface area contributed by atoms with E-state index in [0.717, 1.165) is 22.4 Å². The highest BCUT2D eigenvalue weighted by Gasteiger charge is 2.37. The Kier molecular flexibility index (Phi) is 4.34. The lowest BCUT2D eigenvalue weighted by Gasteiger charge is -2.37. The van der Waals surface area contributed by atoms with Gasteiger partial charge in [-0.05, 0) is 24.6 Å². The van der Waals surface area contributed by atoms with Gasteiger partial charge in [0.05, 0.1) is 20.8 Å². The van der Waals surface area contributed by atoms with Crippen molar-refractivity contribution in [3.05, 3.63) is 42.0 Å². The molecule has 0 fully saturated rings. The van der Waals surface area contributed by atoms with E-state index in [1.165, 1.54) is 0 Å². The lowest BCUT2D eigenvalue weighted by molar-refractivity contribution is -0.144. The summed E-state index contributed by atoms with van der Waals surface area (Å²) in [5, 5.41) is 0. The number of rotatable bonds is 4. The highest BCUT2D eigenvalue weighted by molar-refractivity contribution is 5.95. The Labute approximate surface area is 141 Å². The first kappa shape index (κ1) is 16.2. The molecule has 3 rings (SSSR count). The van der Waals surface area contributed by atoms with E-state index in [2.05, 4.69) is 0 Å². The molecule has 1 heterocycles. The highest BCUT2D eigenvalue weighted by atomic mass is 16.5. The number of ether oxygens (including phenoxy) is 3. The molecule has 2 aromatic rings. The van der Waals surface area contributed by atoms with Gasteiger partial charge in [-0.25, -0.2) is 4.79 Å². The summed E-state index contributed by atoms with van der Waals surface area (Å²) in [5.74, 6) is 1.01. The summed E-state index contributed by atoms with van der Waals surface area (Å²) in [7, 11) is 5.11. The summed E-state index contributed by atoms with van der Waals surface area (Å²) in [6, 6.07) is 11.1. The van der Waals surface area contributed by atoms with Crippen LogP contribution in [0.3, 0.4) is 0 Å². The van der Waals surface area contributed by atoms with E-state index >= 15 is 0 Å². The number of benzene rings is 2. The van der Waals surface area contributed by atoms with Crippen molar-refractivity contribution in [2.24, 2.45) is 0 Å². The molecule has 0 saturated heterocycles. The SMILES string of the molecule is CCOC(=O)C1c2c(OC)cc(OC)cc2-c2ccccc2N1C. The highest BCUT2D eigenvalue weighted by Crippen LogP contribution is 2.49. The number of methoxy groups -OCH3 is 2. The van der Waals surface area contributed by atoms with Gasteiger partial charge in [-0.3, -0.25) is 0 Å². The summed E-state index contributed by atoms with van der Waals surface area (Å²) in [4.78, 5) is 14.6. The minimum atomic E-state index is -0.560. The Morgan fingerprint density at radius 3 is 2.54 bits per heavy atom. The fourth-order valence-corrected chi connectivity index (χ4v) is 3.23. The van der Waals surface area contributed by atoms with Crippen LogP contribution in [0, 0.1) is 0 Å². The van der Waals surface area contributed by atoms with Crippen molar-refractivity contribution in [3.63, 3.8) is 0 Å². The summed E-state index contributed by atoms with van der Waals surface area (Å²) in [6.07, 6.45) is 0. The van der Waals surface area contributed by atoms with Crippen LogP contribution in [0.15, 0.2) is 36.4 Å². The van der Waals surface area contributed by atoms with Gasteiger partial charge in [-0.15, -0.1) is 0 Å². The van der Waals surface area contributed by atoms with Crippen LogP contribution in [0.25, 0.3) is 11.1 Å². The number of carbonyl (C=O) groups is 1. The minimum Gasteiger partial charge on any atom is -0.497 e. The molecule has 0 saturated carbocycles. The standard InChI is InChI=1S/C19H21NO4/c1-5-24-19(21)18-17-14(10-12(22-3)11-16(17)23-4)13-8-6-7-9-15(13)20(18)2/h6-11,18H,5H2,1-4H3. The number of anilines is 1. The first-order valence-electron chi connectivity index (χ1n) is 7.87. The molecule has 0 aliphatic carbocycles. The fraction of sp³-hybridized carbons (Fsp3) is 0.316. The first-order valence-corrected chi connectivity index (χ1v) is 7.87. The van der Waals surface area contributed by atoms with Crippen LogP contribution >= 0.6 is 0 Å². The number of para-hydroxylation sites is 1. The smallest absolute Gasteiger partial charge is 0.333 e. The molecule has 0 spiro atoms. The summed E-state index contributed by atoms with van der Waals surface area (Å²) in [6.45, 7) is 2.14. The summed E-state index contributed by atoms with van der Waals surface area (Å²) < 4.78 is 16.3. The van der Waals surface area contributed by atoms with E-state index in [0.29, 0.717) is 18.1 Å². The molecule has 0 bridgehead atoms. The quantitative estimate of drug-likeness (QED) is 0.805. The zero-order valence-corrected chi connectivity index (χ0v) is 14.3. The largest absolute Gasteiger partial charge is 0.497 e. The van der Waals surface area contributed by atoms with E-state index in [-0.39, 0.29) is 5.97 Å². The zero-order valence-electron chi connectivity index (χ0n) is 14.3. The molecule has 0 radical (unpaired) electrons. The van der Waals surface area contributed by atoms with Crippen molar-refractivity contribution < 1.29 is 19.0 Å². The molecule has 5 nitrogen and oxygen atoms in total. The van der Waals surface area contributed by atoms with Gasteiger partial charge in [-0.1, -0.05) is 18.2 Å². The van der Waals surface area contributed by atoms with Gasteiger partial charge in [0.25, 0.3) is 0 Å². The van der Waals surface area contributed by atoms with E-state index in [4.69, 9.17) is 14.2 Å². The molecule has 1 unspecified atom stereocenters.